The van der Waals surface area contributed by atoms with E-state index in [2.05, 4.69) is 17.6 Å². The zero-order valence-corrected chi connectivity index (χ0v) is 12.2. The van der Waals surface area contributed by atoms with Gasteiger partial charge in [-0.15, -0.1) is 0 Å². The summed E-state index contributed by atoms with van der Waals surface area (Å²) in [6.07, 6.45) is 6.05. The van der Waals surface area contributed by atoms with Gasteiger partial charge in [0.15, 0.2) is 0 Å². The normalized spacial score (nSPS) is 24.9. The molecular formula is C17H24N2O. The van der Waals surface area contributed by atoms with Crippen LogP contribution in [-0.2, 0) is 6.42 Å². The fraction of sp³-hybridized carbons (Fsp3) is 0.588. The SMILES string of the molecule is CC1CCC(CNC(=O)c2ccc3c(c2)CCCN3)C1. The molecule has 3 rings (SSSR count). The fourth-order valence-corrected chi connectivity index (χ4v) is 3.47. The lowest BCUT2D eigenvalue weighted by Gasteiger charge is -2.18. The minimum atomic E-state index is 0.0814. The Morgan fingerprint density at radius 1 is 1.40 bits per heavy atom. The van der Waals surface area contributed by atoms with Crippen molar-refractivity contribution in [2.24, 2.45) is 11.8 Å². The summed E-state index contributed by atoms with van der Waals surface area (Å²) in [7, 11) is 0. The number of anilines is 1. The number of carbonyl (C=O) groups excluding carboxylic acids is 1. The van der Waals surface area contributed by atoms with Crippen LogP contribution >= 0.6 is 0 Å². The Hall–Kier alpha value is -1.51. The lowest BCUT2D eigenvalue weighted by atomic mass is 10.0. The van der Waals surface area contributed by atoms with Gasteiger partial charge in [-0.1, -0.05) is 13.3 Å². The Balaban J connectivity index is 1.59. The van der Waals surface area contributed by atoms with Crippen LogP contribution in [0, 0.1) is 11.8 Å². The molecule has 20 heavy (non-hydrogen) atoms. The Morgan fingerprint density at radius 2 is 2.30 bits per heavy atom. The van der Waals surface area contributed by atoms with Crippen molar-refractivity contribution < 1.29 is 4.79 Å². The number of carbonyl (C=O) groups is 1. The largest absolute Gasteiger partial charge is 0.385 e. The number of nitrogens with one attached hydrogen (secondary N) is 2. The van der Waals surface area contributed by atoms with Crippen LogP contribution in [0.15, 0.2) is 18.2 Å². The maximum absolute atomic E-state index is 12.2. The molecule has 1 fully saturated rings. The third kappa shape index (κ3) is 2.97. The zero-order valence-electron chi connectivity index (χ0n) is 12.2. The average molecular weight is 272 g/mol. The van der Waals surface area contributed by atoms with Crippen LogP contribution in [0.1, 0.15) is 48.5 Å². The van der Waals surface area contributed by atoms with Crippen molar-refractivity contribution >= 4 is 11.6 Å². The number of fused-ring (bicyclic) bond motifs is 1. The summed E-state index contributed by atoms with van der Waals surface area (Å²) >= 11 is 0. The molecule has 1 saturated carbocycles. The third-order valence-electron chi connectivity index (χ3n) is 4.66. The summed E-state index contributed by atoms with van der Waals surface area (Å²) in [4.78, 5) is 12.2. The van der Waals surface area contributed by atoms with Gasteiger partial charge in [0.2, 0.25) is 0 Å². The highest BCUT2D eigenvalue weighted by Crippen LogP contribution is 2.29. The van der Waals surface area contributed by atoms with E-state index in [-0.39, 0.29) is 5.91 Å². The molecule has 0 aromatic heterocycles. The summed E-state index contributed by atoms with van der Waals surface area (Å²) in [5, 5.41) is 6.49. The molecule has 1 heterocycles. The molecule has 2 N–H and O–H groups in total. The van der Waals surface area contributed by atoms with Crippen molar-refractivity contribution in [3.63, 3.8) is 0 Å². The van der Waals surface area contributed by atoms with Crippen LogP contribution in [0.5, 0.6) is 0 Å². The van der Waals surface area contributed by atoms with Gasteiger partial charge in [0.25, 0.3) is 5.91 Å². The highest BCUT2D eigenvalue weighted by Gasteiger charge is 2.22. The number of benzene rings is 1. The van der Waals surface area contributed by atoms with E-state index in [0.717, 1.165) is 37.4 Å². The number of amides is 1. The second kappa shape index (κ2) is 5.86. The minimum Gasteiger partial charge on any atom is -0.385 e. The van der Waals surface area contributed by atoms with Crippen molar-refractivity contribution in [3.05, 3.63) is 29.3 Å². The smallest absolute Gasteiger partial charge is 0.251 e. The van der Waals surface area contributed by atoms with E-state index in [1.165, 1.54) is 30.5 Å². The van der Waals surface area contributed by atoms with E-state index >= 15 is 0 Å². The van der Waals surface area contributed by atoms with Crippen LogP contribution in [0.3, 0.4) is 0 Å². The van der Waals surface area contributed by atoms with E-state index in [4.69, 9.17) is 0 Å². The van der Waals surface area contributed by atoms with Crippen molar-refractivity contribution in [1.82, 2.24) is 5.32 Å². The van der Waals surface area contributed by atoms with E-state index in [1.807, 2.05) is 18.2 Å². The van der Waals surface area contributed by atoms with E-state index in [9.17, 15) is 4.79 Å². The molecule has 1 aromatic rings. The molecule has 0 saturated heterocycles. The van der Waals surface area contributed by atoms with Crippen LogP contribution in [0.2, 0.25) is 0 Å². The van der Waals surface area contributed by atoms with Crippen molar-refractivity contribution in [3.8, 4) is 0 Å². The predicted octanol–water partition coefficient (Wildman–Crippen LogP) is 3.21. The van der Waals surface area contributed by atoms with Crippen LogP contribution in [0.25, 0.3) is 0 Å². The lowest BCUT2D eigenvalue weighted by molar-refractivity contribution is 0.0947. The Morgan fingerprint density at radius 3 is 3.10 bits per heavy atom. The summed E-state index contributed by atoms with van der Waals surface area (Å²) in [6, 6.07) is 6.03. The van der Waals surface area contributed by atoms with Gasteiger partial charge in [0.1, 0.15) is 0 Å². The van der Waals surface area contributed by atoms with Gasteiger partial charge in [-0.3, -0.25) is 4.79 Å². The zero-order chi connectivity index (χ0) is 13.9. The van der Waals surface area contributed by atoms with Crippen molar-refractivity contribution in [2.45, 2.75) is 39.0 Å². The van der Waals surface area contributed by atoms with Gasteiger partial charge in [-0.2, -0.15) is 0 Å². The maximum atomic E-state index is 12.2. The quantitative estimate of drug-likeness (QED) is 0.887. The number of rotatable bonds is 3. The topological polar surface area (TPSA) is 41.1 Å². The fourth-order valence-electron chi connectivity index (χ4n) is 3.47. The van der Waals surface area contributed by atoms with E-state index < -0.39 is 0 Å². The molecular weight excluding hydrogens is 248 g/mol. The van der Waals surface area contributed by atoms with Gasteiger partial charge in [0.05, 0.1) is 0 Å². The molecule has 1 aliphatic heterocycles. The van der Waals surface area contributed by atoms with Gasteiger partial charge >= 0.3 is 0 Å². The second-order valence-corrected chi connectivity index (χ2v) is 6.40. The first-order chi connectivity index (χ1) is 9.72. The molecule has 108 valence electrons. The van der Waals surface area contributed by atoms with Crippen LogP contribution in [0.4, 0.5) is 5.69 Å². The van der Waals surface area contributed by atoms with Gasteiger partial charge in [0, 0.05) is 24.3 Å². The molecule has 2 atom stereocenters. The van der Waals surface area contributed by atoms with E-state index in [0.29, 0.717) is 5.92 Å². The summed E-state index contributed by atoms with van der Waals surface area (Å²) in [6.45, 7) is 4.18. The molecule has 0 spiro atoms. The number of hydrogen-bond acceptors (Lipinski definition) is 2. The lowest BCUT2D eigenvalue weighted by Crippen LogP contribution is -2.28. The summed E-state index contributed by atoms with van der Waals surface area (Å²) in [5.41, 5.74) is 3.27. The Bertz CT molecular complexity index is 498. The molecule has 2 aliphatic rings. The van der Waals surface area contributed by atoms with Crippen LogP contribution < -0.4 is 10.6 Å². The third-order valence-corrected chi connectivity index (χ3v) is 4.66. The van der Waals surface area contributed by atoms with Crippen molar-refractivity contribution in [1.29, 1.82) is 0 Å². The molecule has 1 aromatic carbocycles. The summed E-state index contributed by atoms with van der Waals surface area (Å²) < 4.78 is 0. The van der Waals surface area contributed by atoms with Gasteiger partial charge in [-0.25, -0.2) is 0 Å². The Kier molecular flexibility index (Phi) is 3.95. The average Bonchev–Trinajstić information content (AvgIpc) is 2.90. The summed E-state index contributed by atoms with van der Waals surface area (Å²) in [5.74, 6) is 1.58. The first-order valence-electron chi connectivity index (χ1n) is 7.87. The van der Waals surface area contributed by atoms with Gasteiger partial charge in [-0.05, 0) is 61.3 Å². The molecule has 1 aliphatic carbocycles. The second-order valence-electron chi connectivity index (χ2n) is 6.40. The molecule has 0 radical (unpaired) electrons. The maximum Gasteiger partial charge on any atom is 0.251 e. The van der Waals surface area contributed by atoms with Crippen LogP contribution in [-0.4, -0.2) is 19.0 Å². The molecule has 3 heteroatoms. The van der Waals surface area contributed by atoms with Crippen molar-refractivity contribution in [2.75, 3.05) is 18.4 Å². The predicted molar refractivity (Wildman–Crippen MR) is 82.1 cm³/mol. The Labute approximate surface area is 121 Å². The standard InChI is InChI=1S/C17H24N2O/c1-12-4-5-13(9-12)11-19-17(20)15-6-7-16-14(10-15)3-2-8-18-16/h6-7,10,12-13,18H,2-5,8-9,11H2,1H3,(H,19,20). The monoisotopic (exact) mass is 272 g/mol. The first-order valence-corrected chi connectivity index (χ1v) is 7.87. The highest BCUT2D eigenvalue weighted by molar-refractivity contribution is 5.95. The minimum absolute atomic E-state index is 0.0814. The molecule has 0 bridgehead atoms. The molecule has 1 amide bonds. The highest BCUT2D eigenvalue weighted by atomic mass is 16.1. The molecule has 3 nitrogen and oxygen atoms in total. The number of hydrogen-bond donors (Lipinski definition) is 2. The van der Waals surface area contributed by atoms with Gasteiger partial charge < -0.3 is 10.6 Å². The van der Waals surface area contributed by atoms with E-state index in [1.54, 1.807) is 0 Å². The molecule has 2 unspecified atom stereocenters. The number of aryl methyl sites for hydroxylation is 1. The first kappa shape index (κ1) is 13.5.